The summed E-state index contributed by atoms with van der Waals surface area (Å²) in [5.41, 5.74) is 4.83. The molecule has 1 saturated carbocycles. The van der Waals surface area contributed by atoms with Crippen molar-refractivity contribution in [3.05, 3.63) is 42.1 Å². The van der Waals surface area contributed by atoms with Gasteiger partial charge in [-0.25, -0.2) is 0 Å². The van der Waals surface area contributed by atoms with E-state index in [0.29, 0.717) is 0 Å². The second-order valence-corrected chi connectivity index (χ2v) is 6.89. The van der Waals surface area contributed by atoms with Crippen molar-refractivity contribution in [1.29, 1.82) is 0 Å². The molecule has 23 heavy (non-hydrogen) atoms. The van der Waals surface area contributed by atoms with E-state index in [0.717, 1.165) is 37.5 Å². The van der Waals surface area contributed by atoms with Crippen LogP contribution in [0, 0.1) is 5.92 Å². The number of fused-ring (bicyclic) bond motifs is 1. The van der Waals surface area contributed by atoms with E-state index in [-0.39, 0.29) is 0 Å². The lowest BCUT2D eigenvalue weighted by Gasteiger charge is -2.22. The van der Waals surface area contributed by atoms with Gasteiger partial charge in [-0.2, -0.15) is 5.10 Å². The molecule has 1 fully saturated rings. The maximum Gasteiger partial charge on any atom is 0.0930 e. The predicted molar refractivity (Wildman–Crippen MR) is 94.9 cm³/mol. The molecular weight excluding hydrogens is 282 g/mol. The van der Waals surface area contributed by atoms with Crippen molar-refractivity contribution in [1.82, 2.24) is 9.78 Å². The Kier molecular flexibility index (Phi) is 4.27. The second-order valence-electron chi connectivity index (χ2n) is 6.89. The molecule has 1 aromatic heterocycles. The van der Waals surface area contributed by atoms with Crippen LogP contribution in [0.4, 0.5) is 0 Å². The van der Waals surface area contributed by atoms with Crippen molar-refractivity contribution in [2.24, 2.45) is 10.9 Å². The first kappa shape index (κ1) is 14.7. The van der Waals surface area contributed by atoms with Crippen LogP contribution in [-0.2, 0) is 6.54 Å². The van der Waals surface area contributed by atoms with Gasteiger partial charge in [0, 0.05) is 18.7 Å². The topological polar surface area (TPSA) is 30.2 Å². The molecule has 3 nitrogen and oxygen atoms in total. The van der Waals surface area contributed by atoms with E-state index in [9.17, 15) is 0 Å². The molecule has 0 atom stereocenters. The summed E-state index contributed by atoms with van der Waals surface area (Å²) in [6.07, 6.45) is 9.19. The van der Waals surface area contributed by atoms with Gasteiger partial charge in [-0.15, -0.1) is 0 Å². The average Bonchev–Trinajstić information content (AvgIpc) is 2.95. The highest BCUT2D eigenvalue weighted by Crippen LogP contribution is 2.29. The number of hydrogen-bond donors (Lipinski definition) is 0. The third-order valence-corrected chi connectivity index (χ3v) is 5.18. The van der Waals surface area contributed by atoms with E-state index in [2.05, 4.69) is 41.1 Å². The fourth-order valence-electron chi connectivity index (χ4n) is 3.92. The Hall–Kier alpha value is -1.90. The van der Waals surface area contributed by atoms with Gasteiger partial charge < -0.3 is 0 Å². The lowest BCUT2D eigenvalue weighted by atomic mass is 9.85. The molecule has 1 aliphatic carbocycles. The Bertz CT molecular complexity index is 678. The van der Waals surface area contributed by atoms with Crippen LogP contribution in [-0.4, -0.2) is 22.0 Å². The van der Waals surface area contributed by atoms with Gasteiger partial charge in [-0.05, 0) is 24.8 Å². The molecule has 2 aromatic rings. The summed E-state index contributed by atoms with van der Waals surface area (Å²) >= 11 is 0. The largest absolute Gasteiger partial charge is 0.287 e. The molecule has 1 aromatic carbocycles. The second kappa shape index (κ2) is 6.69. The van der Waals surface area contributed by atoms with Crippen molar-refractivity contribution in [2.45, 2.75) is 51.5 Å². The summed E-state index contributed by atoms with van der Waals surface area (Å²) in [6, 6.07) is 12.7. The number of benzene rings is 1. The quantitative estimate of drug-likeness (QED) is 0.807. The fourth-order valence-corrected chi connectivity index (χ4v) is 3.92. The van der Waals surface area contributed by atoms with E-state index < -0.39 is 0 Å². The van der Waals surface area contributed by atoms with E-state index in [1.165, 1.54) is 49.1 Å². The zero-order valence-corrected chi connectivity index (χ0v) is 13.7. The molecule has 0 unspecified atom stereocenters. The van der Waals surface area contributed by atoms with Gasteiger partial charge in [0.15, 0.2) is 0 Å². The third-order valence-electron chi connectivity index (χ3n) is 5.18. The highest BCUT2D eigenvalue weighted by molar-refractivity contribution is 6.00. The molecule has 2 heterocycles. The molecule has 0 amide bonds. The molecular formula is C20H25N3. The van der Waals surface area contributed by atoms with Gasteiger partial charge in [0.1, 0.15) is 0 Å². The van der Waals surface area contributed by atoms with Gasteiger partial charge >= 0.3 is 0 Å². The third kappa shape index (κ3) is 3.24. The molecule has 1 aliphatic heterocycles. The first-order valence-electron chi connectivity index (χ1n) is 9.07. The highest BCUT2D eigenvalue weighted by atomic mass is 15.3. The van der Waals surface area contributed by atoms with Gasteiger partial charge in [0.2, 0.25) is 0 Å². The standard InChI is InChI=1S/C20H25N3/c1-3-8-16(9-4-1)14-19-20-15-18(17-10-5-2-6-11-17)22-23(20)13-7-12-21-19/h2,5-6,10-11,15-16H,1,3-4,7-9,12-14H2. The molecule has 0 spiro atoms. The number of aryl methyl sites for hydroxylation is 1. The molecule has 3 heteroatoms. The van der Waals surface area contributed by atoms with Crippen LogP contribution in [0.2, 0.25) is 0 Å². The lowest BCUT2D eigenvalue weighted by molar-refractivity contribution is 0.368. The Morgan fingerprint density at radius 3 is 2.65 bits per heavy atom. The lowest BCUT2D eigenvalue weighted by Crippen LogP contribution is -2.15. The van der Waals surface area contributed by atoms with Gasteiger partial charge in [-0.1, -0.05) is 62.4 Å². The van der Waals surface area contributed by atoms with Crippen molar-refractivity contribution in [3.8, 4) is 11.3 Å². The Morgan fingerprint density at radius 2 is 1.83 bits per heavy atom. The summed E-state index contributed by atoms with van der Waals surface area (Å²) < 4.78 is 2.19. The minimum atomic E-state index is 0.823. The van der Waals surface area contributed by atoms with E-state index >= 15 is 0 Å². The zero-order valence-electron chi connectivity index (χ0n) is 13.7. The number of rotatable bonds is 3. The highest BCUT2D eigenvalue weighted by Gasteiger charge is 2.21. The van der Waals surface area contributed by atoms with E-state index in [1.807, 2.05) is 0 Å². The first-order chi connectivity index (χ1) is 11.4. The summed E-state index contributed by atoms with van der Waals surface area (Å²) in [6.45, 7) is 1.94. The normalized spacial score (nSPS) is 19.0. The van der Waals surface area contributed by atoms with Gasteiger partial charge in [0.25, 0.3) is 0 Å². The number of hydrogen-bond acceptors (Lipinski definition) is 2. The SMILES string of the molecule is c1ccc(-c2cc3n(n2)CCCN=C3CC2CCCCC2)cc1. The fraction of sp³-hybridized carbons (Fsp3) is 0.500. The molecule has 0 N–H and O–H groups in total. The van der Waals surface area contributed by atoms with Crippen LogP contribution in [0.1, 0.15) is 50.6 Å². The monoisotopic (exact) mass is 307 g/mol. The van der Waals surface area contributed by atoms with Crippen LogP contribution in [0.3, 0.4) is 0 Å². The van der Waals surface area contributed by atoms with Crippen LogP contribution >= 0.6 is 0 Å². The van der Waals surface area contributed by atoms with E-state index in [1.54, 1.807) is 0 Å². The number of nitrogens with zero attached hydrogens (tertiary/aromatic N) is 3. The molecule has 4 rings (SSSR count). The van der Waals surface area contributed by atoms with Crippen LogP contribution in [0.15, 0.2) is 41.4 Å². The van der Waals surface area contributed by atoms with E-state index in [4.69, 9.17) is 10.1 Å². The number of aromatic nitrogens is 2. The Morgan fingerprint density at radius 1 is 1.00 bits per heavy atom. The smallest absolute Gasteiger partial charge is 0.0930 e. The molecule has 120 valence electrons. The number of aliphatic imine (C=N–C) groups is 1. The summed E-state index contributed by atoms with van der Waals surface area (Å²) in [7, 11) is 0. The first-order valence-corrected chi connectivity index (χ1v) is 9.07. The average molecular weight is 307 g/mol. The maximum absolute atomic E-state index is 4.92. The summed E-state index contributed by atoms with van der Waals surface area (Å²) in [5.74, 6) is 0.823. The molecule has 0 radical (unpaired) electrons. The van der Waals surface area contributed by atoms with Crippen LogP contribution in [0.25, 0.3) is 11.3 Å². The molecule has 2 aliphatic rings. The van der Waals surface area contributed by atoms with Crippen molar-refractivity contribution in [3.63, 3.8) is 0 Å². The van der Waals surface area contributed by atoms with Crippen molar-refractivity contribution < 1.29 is 0 Å². The van der Waals surface area contributed by atoms with Crippen LogP contribution in [0.5, 0.6) is 0 Å². The zero-order chi connectivity index (χ0) is 15.5. The van der Waals surface area contributed by atoms with Gasteiger partial charge in [-0.3, -0.25) is 9.67 Å². The maximum atomic E-state index is 4.92. The van der Waals surface area contributed by atoms with Crippen LogP contribution < -0.4 is 0 Å². The Balaban J connectivity index is 1.62. The summed E-state index contributed by atoms with van der Waals surface area (Å²) in [5, 5.41) is 4.86. The van der Waals surface area contributed by atoms with Gasteiger partial charge in [0.05, 0.1) is 17.1 Å². The van der Waals surface area contributed by atoms with Crippen molar-refractivity contribution >= 4 is 5.71 Å². The molecule has 0 saturated heterocycles. The predicted octanol–water partition coefficient (Wildman–Crippen LogP) is 4.71. The molecule has 0 bridgehead atoms. The van der Waals surface area contributed by atoms with Crippen molar-refractivity contribution in [2.75, 3.05) is 6.54 Å². The minimum Gasteiger partial charge on any atom is -0.287 e. The summed E-state index contributed by atoms with van der Waals surface area (Å²) in [4.78, 5) is 4.92. The minimum absolute atomic E-state index is 0.823. The Labute approximate surface area is 138 Å².